The van der Waals surface area contributed by atoms with Crippen molar-refractivity contribution in [3.8, 4) is 11.5 Å². The summed E-state index contributed by atoms with van der Waals surface area (Å²) in [5, 5.41) is 30.3. The zero-order chi connectivity index (χ0) is 33.8. The molecule has 0 aliphatic heterocycles. The molecule has 14 heteroatoms. The molecule has 0 fully saturated rings. The van der Waals surface area contributed by atoms with Crippen molar-refractivity contribution in [2.75, 3.05) is 10.9 Å². The number of nitrogens with one attached hydrogen (secondary N) is 2. The molecule has 0 atom stereocenters. The van der Waals surface area contributed by atoms with Crippen LogP contribution in [-0.2, 0) is 16.0 Å². The van der Waals surface area contributed by atoms with Gasteiger partial charge in [0.15, 0.2) is 0 Å². The number of benzene rings is 4. The number of carbonyl (C=O) groups excluding carboxylic acids is 2. The Bertz CT molecular complexity index is 1690. The second kappa shape index (κ2) is 16.0. The number of esters is 2. The third-order valence-electron chi connectivity index (χ3n) is 6.53. The highest BCUT2D eigenvalue weighted by atomic mass is 16.6. The van der Waals surface area contributed by atoms with Gasteiger partial charge in [-0.05, 0) is 66.1 Å². The van der Waals surface area contributed by atoms with E-state index in [1.165, 1.54) is 61.0 Å². The van der Waals surface area contributed by atoms with Crippen LogP contribution in [0.3, 0.4) is 0 Å². The number of nitro benzene ring substituents is 2. The summed E-state index contributed by atoms with van der Waals surface area (Å²) in [6, 6.07) is 22.1. The first-order valence-corrected chi connectivity index (χ1v) is 14.4. The summed E-state index contributed by atoms with van der Waals surface area (Å²) in [6.07, 6.45) is 3.77. The molecule has 0 spiro atoms. The standard InChI is InChI=1S/C33H30N6O8/c1-3-32(40)46-30-15-5-22(18-24(30)20-34-36-26-7-11-28(12-8-26)38(42)43)17-23-6-16-31(47-33(41)4-2)25(19-23)21-35-37-27-9-13-29(14-10-27)39(44)45/h5-16,18-21,36-37H,3-4,17H2,1-2H3/b34-20-,35-21-. The molecule has 0 radical (unpaired) electrons. The molecule has 4 rings (SSSR count). The van der Waals surface area contributed by atoms with Crippen LogP contribution < -0.4 is 20.3 Å². The van der Waals surface area contributed by atoms with Gasteiger partial charge < -0.3 is 9.47 Å². The molecule has 47 heavy (non-hydrogen) atoms. The van der Waals surface area contributed by atoms with E-state index in [1.807, 2.05) is 24.3 Å². The molecule has 4 aromatic carbocycles. The van der Waals surface area contributed by atoms with Crippen LogP contribution in [0.15, 0.2) is 95.1 Å². The van der Waals surface area contributed by atoms with Crippen LogP contribution in [0.1, 0.15) is 48.9 Å². The predicted octanol–water partition coefficient (Wildman–Crippen LogP) is 6.62. The molecule has 14 nitrogen and oxygen atoms in total. The van der Waals surface area contributed by atoms with Crippen molar-refractivity contribution in [2.45, 2.75) is 33.1 Å². The van der Waals surface area contributed by atoms with Gasteiger partial charge in [-0.15, -0.1) is 0 Å². The number of hydrazone groups is 2. The average Bonchev–Trinajstić information content (AvgIpc) is 3.07. The lowest BCUT2D eigenvalue weighted by Gasteiger charge is -2.11. The first-order valence-electron chi connectivity index (χ1n) is 14.4. The molecule has 0 saturated heterocycles. The van der Waals surface area contributed by atoms with Gasteiger partial charge in [0.1, 0.15) is 11.5 Å². The van der Waals surface area contributed by atoms with Gasteiger partial charge in [-0.1, -0.05) is 26.0 Å². The van der Waals surface area contributed by atoms with Gasteiger partial charge in [0, 0.05) is 48.2 Å². The molecule has 0 aromatic heterocycles. The van der Waals surface area contributed by atoms with E-state index in [4.69, 9.17) is 9.47 Å². The zero-order valence-corrected chi connectivity index (χ0v) is 25.4. The fourth-order valence-corrected chi connectivity index (χ4v) is 4.10. The number of carbonyl (C=O) groups is 2. The average molecular weight is 639 g/mol. The van der Waals surface area contributed by atoms with Crippen molar-refractivity contribution in [3.63, 3.8) is 0 Å². The zero-order valence-electron chi connectivity index (χ0n) is 25.4. The number of anilines is 2. The van der Waals surface area contributed by atoms with Gasteiger partial charge in [-0.3, -0.25) is 40.7 Å². The van der Waals surface area contributed by atoms with Crippen LogP contribution in [0.25, 0.3) is 0 Å². The first-order chi connectivity index (χ1) is 22.6. The van der Waals surface area contributed by atoms with Crippen molar-refractivity contribution in [1.29, 1.82) is 0 Å². The van der Waals surface area contributed by atoms with Gasteiger partial charge in [0.25, 0.3) is 11.4 Å². The monoisotopic (exact) mass is 638 g/mol. The molecular weight excluding hydrogens is 608 g/mol. The van der Waals surface area contributed by atoms with Crippen LogP contribution in [0.4, 0.5) is 22.7 Å². The lowest BCUT2D eigenvalue weighted by Crippen LogP contribution is -2.08. The Labute approximate surface area is 269 Å². The molecule has 0 unspecified atom stereocenters. The quantitative estimate of drug-likeness (QED) is 0.0499. The molecule has 0 bridgehead atoms. The molecule has 0 aliphatic carbocycles. The van der Waals surface area contributed by atoms with Crippen molar-refractivity contribution in [3.05, 3.63) is 127 Å². The Balaban J connectivity index is 1.56. The Kier molecular flexibility index (Phi) is 11.4. The second-order valence-corrected chi connectivity index (χ2v) is 9.92. The molecule has 4 aromatic rings. The van der Waals surface area contributed by atoms with E-state index < -0.39 is 21.8 Å². The van der Waals surface area contributed by atoms with Crippen molar-refractivity contribution >= 4 is 47.1 Å². The predicted molar refractivity (Wildman–Crippen MR) is 176 cm³/mol. The van der Waals surface area contributed by atoms with Crippen molar-refractivity contribution < 1.29 is 28.9 Å². The Morgan fingerprint density at radius 2 is 1.04 bits per heavy atom. The van der Waals surface area contributed by atoms with E-state index in [9.17, 15) is 29.8 Å². The Morgan fingerprint density at radius 1 is 0.660 bits per heavy atom. The maximum Gasteiger partial charge on any atom is 0.310 e. The van der Waals surface area contributed by atoms with E-state index >= 15 is 0 Å². The molecule has 0 aliphatic rings. The fraction of sp³-hybridized carbons (Fsp3) is 0.152. The molecule has 2 N–H and O–H groups in total. The van der Waals surface area contributed by atoms with Crippen LogP contribution in [0, 0.1) is 20.2 Å². The highest BCUT2D eigenvalue weighted by Gasteiger charge is 2.12. The van der Waals surface area contributed by atoms with Gasteiger partial charge in [-0.25, -0.2) is 0 Å². The summed E-state index contributed by atoms with van der Waals surface area (Å²) < 4.78 is 11.0. The van der Waals surface area contributed by atoms with E-state index in [0.29, 0.717) is 40.4 Å². The van der Waals surface area contributed by atoms with Crippen LogP contribution in [0.2, 0.25) is 0 Å². The minimum absolute atomic E-state index is 0.0484. The summed E-state index contributed by atoms with van der Waals surface area (Å²) in [5.41, 5.74) is 9.30. The van der Waals surface area contributed by atoms with Crippen LogP contribution in [-0.4, -0.2) is 34.2 Å². The summed E-state index contributed by atoms with van der Waals surface area (Å²) in [5.74, 6) is -0.220. The largest absolute Gasteiger partial charge is 0.426 e. The third kappa shape index (κ3) is 9.78. The fourth-order valence-electron chi connectivity index (χ4n) is 4.10. The van der Waals surface area contributed by atoms with E-state index in [0.717, 1.165) is 11.1 Å². The number of nitro groups is 2. The number of rotatable bonds is 14. The molecule has 0 heterocycles. The van der Waals surface area contributed by atoms with E-state index in [1.54, 1.807) is 26.0 Å². The van der Waals surface area contributed by atoms with E-state index in [-0.39, 0.29) is 24.2 Å². The lowest BCUT2D eigenvalue weighted by molar-refractivity contribution is -0.385. The molecule has 240 valence electrons. The Morgan fingerprint density at radius 3 is 1.38 bits per heavy atom. The smallest absolute Gasteiger partial charge is 0.310 e. The highest BCUT2D eigenvalue weighted by Crippen LogP contribution is 2.25. The first kappa shape index (κ1) is 33.5. The maximum absolute atomic E-state index is 12.1. The van der Waals surface area contributed by atoms with Gasteiger partial charge in [0.05, 0.1) is 33.7 Å². The lowest BCUT2D eigenvalue weighted by atomic mass is 10.0. The normalized spacial score (nSPS) is 10.9. The number of ether oxygens (including phenoxy) is 2. The number of nitrogens with zero attached hydrogens (tertiary/aromatic N) is 4. The SMILES string of the molecule is CCC(=O)Oc1ccc(Cc2ccc(OC(=O)CC)c(/C=N\Nc3ccc([N+](=O)[O-])cc3)c2)cc1/C=N\Nc1ccc([N+](=O)[O-])cc1. The summed E-state index contributed by atoms with van der Waals surface area (Å²) in [4.78, 5) is 45.0. The Hall–Kier alpha value is -6.44. The minimum atomic E-state index is -0.493. The topological polar surface area (TPSA) is 188 Å². The summed E-state index contributed by atoms with van der Waals surface area (Å²) in [7, 11) is 0. The number of hydrogen-bond donors (Lipinski definition) is 2. The maximum atomic E-state index is 12.1. The number of hydrogen-bond acceptors (Lipinski definition) is 12. The summed E-state index contributed by atoms with van der Waals surface area (Å²) >= 11 is 0. The van der Waals surface area contributed by atoms with Crippen molar-refractivity contribution in [1.82, 2.24) is 0 Å². The van der Waals surface area contributed by atoms with Gasteiger partial charge in [0.2, 0.25) is 0 Å². The third-order valence-corrected chi connectivity index (χ3v) is 6.53. The number of non-ortho nitro benzene ring substituents is 2. The minimum Gasteiger partial charge on any atom is -0.426 e. The molecule has 0 saturated carbocycles. The van der Waals surface area contributed by atoms with E-state index in [2.05, 4.69) is 21.1 Å². The summed E-state index contributed by atoms with van der Waals surface area (Å²) in [6.45, 7) is 3.37. The van der Waals surface area contributed by atoms with Gasteiger partial charge in [-0.2, -0.15) is 10.2 Å². The van der Waals surface area contributed by atoms with Gasteiger partial charge >= 0.3 is 11.9 Å². The van der Waals surface area contributed by atoms with Crippen LogP contribution >= 0.6 is 0 Å². The molecular formula is C33H30N6O8. The van der Waals surface area contributed by atoms with Crippen molar-refractivity contribution in [2.24, 2.45) is 10.2 Å². The second-order valence-electron chi connectivity index (χ2n) is 9.92. The van der Waals surface area contributed by atoms with Crippen LogP contribution in [0.5, 0.6) is 11.5 Å². The highest BCUT2D eigenvalue weighted by molar-refractivity contribution is 5.87. The molecule has 0 amide bonds.